The normalized spacial score (nSPS) is 15.1. The van der Waals surface area contributed by atoms with E-state index in [0.717, 1.165) is 11.4 Å². The molecule has 2 amide bonds. The highest BCUT2D eigenvalue weighted by Crippen LogP contribution is 2.21. The molecule has 21 heavy (non-hydrogen) atoms. The predicted octanol–water partition coefficient (Wildman–Crippen LogP) is 0.841. The topological polar surface area (TPSA) is 67.7 Å². The number of benzene rings is 1. The maximum atomic E-state index is 12.0. The van der Waals surface area contributed by atoms with Gasteiger partial charge in [0.05, 0.1) is 25.6 Å². The lowest BCUT2D eigenvalue weighted by Gasteiger charge is -2.33. The minimum absolute atomic E-state index is 0.165. The van der Waals surface area contributed by atoms with Crippen LogP contribution in [0.4, 0.5) is 11.4 Å². The summed E-state index contributed by atoms with van der Waals surface area (Å²) in [6.07, 6.45) is 0.176. The molecule has 0 spiro atoms. The summed E-state index contributed by atoms with van der Waals surface area (Å²) in [6.45, 7) is 0.512. The van der Waals surface area contributed by atoms with Crippen molar-refractivity contribution in [2.24, 2.45) is 0 Å². The fraction of sp³-hybridized carbons (Fsp3) is 0.400. The van der Waals surface area contributed by atoms with Crippen molar-refractivity contribution in [3.05, 3.63) is 24.3 Å². The van der Waals surface area contributed by atoms with E-state index in [9.17, 15) is 9.59 Å². The van der Waals surface area contributed by atoms with E-state index in [4.69, 9.17) is 5.26 Å². The summed E-state index contributed by atoms with van der Waals surface area (Å²) in [5.74, 6) is -0.503. The maximum Gasteiger partial charge on any atom is 0.248 e. The molecule has 1 saturated heterocycles. The number of amides is 2. The quantitative estimate of drug-likeness (QED) is 0.767. The van der Waals surface area contributed by atoms with Gasteiger partial charge < -0.3 is 9.80 Å². The van der Waals surface area contributed by atoms with Crippen molar-refractivity contribution < 1.29 is 9.59 Å². The van der Waals surface area contributed by atoms with Gasteiger partial charge in [-0.05, 0) is 24.3 Å². The number of carbonyl (C=O) groups is 2. The van der Waals surface area contributed by atoms with Crippen molar-refractivity contribution in [2.45, 2.75) is 6.42 Å². The van der Waals surface area contributed by atoms with E-state index in [-0.39, 0.29) is 37.9 Å². The zero-order chi connectivity index (χ0) is 15.4. The molecular formula is C15H18N4O2. The molecular weight excluding hydrogens is 268 g/mol. The van der Waals surface area contributed by atoms with Crippen LogP contribution in [0.25, 0.3) is 0 Å². The molecule has 0 atom stereocenters. The molecule has 1 aromatic rings. The van der Waals surface area contributed by atoms with E-state index in [1.54, 1.807) is 4.90 Å². The van der Waals surface area contributed by atoms with E-state index in [1.807, 2.05) is 49.3 Å². The smallest absolute Gasteiger partial charge is 0.248 e. The van der Waals surface area contributed by atoms with Gasteiger partial charge in [0, 0.05) is 32.0 Å². The first-order valence-electron chi connectivity index (χ1n) is 6.75. The Labute approximate surface area is 124 Å². The van der Waals surface area contributed by atoms with Crippen LogP contribution in [0.15, 0.2) is 24.3 Å². The molecule has 0 N–H and O–H groups in total. The number of anilines is 2. The van der Waals surface area contributed by atoms with Gasteiger partial charge in [0.15, 0.2) is 0 Å². The molecule has 0 aromatic heterocycles. The Bertz CT molecular complexity index is 556. The summed E-state index contributed by atoms with van der Waals surface area (Å²) in [4.78, 5) is 28.9. The van der Waals surface area contributed by atoms with Gasteiger partial charge >= 0.3 is 0 Å². The van der Waals surface area contributed by atoms with Gasteiger partial charge in [-0.25, -0.2) is 0 Å². The molecule has 1 heterocycles. The van der Waals surface area contributed by atoms with Crippen LogP contribution >= 0.6 is 0 Å². The van der Waals surface area contributed by atoms with Crippen LogP contribution in [0.1, 0.15) is 6.42 Å². The molecule has 6 heteroatoms. The van der Waals surface area contributed by atoms with E-state index in [0.29, 0.717) is 0 Å². The van der Waals surface area contributed by atoms with Crippen molar-refractivity contribution in [1.29, 1.82) is 5.26 Å². The van der Waals surface area contributed by atoms with Crippen LogP contribution < -0.4 is 9.80 Å². The molecule has 1 aliphatic heterocycles. The Balaban J connectivity index is 2.08. The lowest BCUT2D eigenvalue weighted by atomic mass is 10.2. The van der Waals surface area contributed by atoms with E-state index < -0.39 is 0 Å². The summed E-state index contributed by atoms with van der Waals surface area (Å²) in [7, 11) is 3.91. The van der Waals surface area contributed by atoms with Gasteiger partial charge in [0.1, 0.15) is 0 Å². The number of hydrogen-bond donors (Lipinski definition) is 0. The molecule has 2 rings (SSSR count). The van der Waals surface area contributed by atoms with Gasteiger partial charge in [-0.15, -0.1) is 0 Å². The van der Waals surface area contributed by atoms with E-state index in [1.165, 1.54) is 4.90 Å². The minimum Gasteiger partial charge on any atom is -0.378 e. The summed E-state index contributed by atoms with van der Waals surface area (Å²) in [5.41, 5.74) is 1.91. The van der Waals surface area contributed by atoms with Crippen molar-refractivity contribution in [1.82, 2.24) is 4.90 Å². The Morgan fingerprint density at radius 2 is 1.71 bits per heavy atom. The third kappa shape index (κ3) is 3.31. The van der Waals surface area contributed by atoms with E-state index >= 15 is 0 Å². The molecule has 0 bridgehead atoms. The van der Waals surface area contributed by atoms with Crippen LogP contribution in [-0.2, 0) is 9.59 Å². The van der Waals surface area contributed by atoms with Gasteiger partial charge in [-0.3, -0.25) is 14.5 Å². The summed E-state index contributed by atoms with van der Waals surface area (Å²) in [5, 5.41) is 8.56. The van der Waals surface area contributed by atoms with Crippen LogP contribution in [0, 0.1) is 11.3 Å². The van der Waals surface area contributed by atoms with Crippen molar-refractivity contribution in [3.8, 4) is 6.07 Å². The standard InChI is InChI=1S/C15H18N4O2/c1-17(2)12-4-6-13(7-5-12)18-10-14(20)19(9-3-8-16)15(21)11-18/h4-7H,3,9-11H2,1-2H3. The van der Waals surface area contributed by atoms with Crippen LogP contribution in [0.3, 0.4) is 0 Å². The van der Waals surface area contributed by atoms with Gasteiger partial charge in [0.25, 0.3) is 0 Å². The third-order valence-electron chi connectivity index (χ3n) is 3.43. The molecule has 1 fully saturated rings. The zero-order valence-corrected chi connectivity index (χ0v) is 12.2. The average molecular weight is 286 g/mol. The highest BCUT2D eigenvalue weighted by atomic mass is 16.2. The fourth-order valence-corrected chi connectivity index (χ4v) is 2.25. The van der Waals surface area contributed by atoms with E-state index in [2.05, 4.69) is 0 Å². The first-order valence-corrected chi connectivity index (χ1v) is 6.75. The van der Waals surface area contributed by atoms with Crippen molar-refractivity contribution in [3.63, 3.8) is 0 Å². The van der Waals surface area contributed by atoms with Crippen LogP contribution in [0.2, 0.25) is 0 Å². The summed E-state index contributed by atoms with van der Waals surface area (Å²) in [6, 6.07) is 9.66. The second kappa shape index (κ2) is 6.27. The maximum absolute atomic E-state index is 12.0. The number of hydrogen-bond acceptors (Lipinski definition) is 5. The number of nitriles is 1. The highest BCUT2D eigenvalue weighted by Gasteiger charge is 2.30. The largest absolute Gasteiger partial charge is 0.378 e. The Kier molecular flexibility index (Phi) is 4.43. The fourth-order valence-electron chi connectivity index (χ4n) is 2.25. The Morgan fingerprint density at radius 1 is 1.14 bits per heavy atom. The van der Waals surface area contributed by atoms with Crippen LogP contribution in [0.5, 0.6) is 0 Å². The third-order valence-corrected chi connectivity index (χ3v) is 3.43. The summed E-state index contributed by atoms with van der Waals surface area (Å²) < 4.78 is 0. The van der Waals surface area contributed by atoms with Crippen molar-refractivity contribution in [2.75, 3.05) is 43.5 Å². The molecule has 0 saturated carbocycles. The van der Waals surface area contributed by atoms with Gasteiger partial charge in [0.2, 0.25) is 11.8 Å². The number of imide groups is 1. The number of nitrogens with zero attached hydrogens (tertiary/aromatic N) is 4. The van der Waals surface area contributed by atoms with Gasteiger partial charge in [-0.2, -0.15) is 5.26 Å². The first-order chi connectivity index (χ1) is 10.0. The second-order valence-corrected chi connectivity index (χ2v) is 5.11. The molecule has 6 nitrogen and oxygen atoms in total. The zero-order valence-electron chi connectivity index (χ0n) is 12.2. The van der Waals surface area contributed by atoms with Crippen molar-refractivity contribution >= 4 is 23.2 Å². The second-order valence-electron chi connectivity index (χ2n) is 5.11. The molecule has 1 aromatic carbocycles. The number of carbonyl (C=O) groups excluding carboxylic acids is 2. The molecule has 0 aliphatic carbocycles. The lowest BCUT2D eigenvalue weighted by molar-refractivity contribution is -0.145. The molecule has 0 radical (unpaired) electrons. The average Bonchev–Trinajstić information content (AvgIpc) is 2.46. The first kappa shape index (κ1) is 14.9. The SMILES string of the molecule is CN(C)c1ccc(N2CC(=O)N(CCC#N)C(=O)C2)cc1. The Morgan fingerprint density at radius 3 is 2.19 bits per heavy atom. The molecule has 0 unspecified atom stereocenters. The summed E-state index contributed by atoms with van der Waals surface area (Å²) >= 11 is 0. The predicted molar refractivity (Wildman–Crippen MR) is 79.9 cm³/mol. The minimum atomic E-state index is -0.252. The Hall–Kier alpha value is -2.55. The highest BCUT2D eigenvalue weighted by molar-refractivity contribution is 6.02. The number of rotatable bonds is 4. The molecule has 1 aliphatic rings. The van der Waals surface area contributed by atoms with Crippen LogP contribution in [-0.4, -0.2) is 50.4 Å². The van der Waals surface area contributed by atoms with Gasteiger partial charge in [-0.1, -0.05) is 0 Å². The number of piperazine rings is 1. The lowest BCUT2D eigenvalue weighted by Crippen LogP contribution is -2.54. The molecule has 110 valence electrons. The monoisotopic (exact) mass is 286 g/mol.